The summed E-state index contributed by atoms with van der Waals surface area (Å²) in [5.41, 5.74) is 0.909. The van der Waals surface area contributed by atoms with E-state index in [2.05, 4.69) is 0 Å². The highest BCUT2D eigenvalue weighted by Crippen LogP contribution is 2.39. The molecule has 7 heteroatoms. The molecule has 0 spiro atoms. The number of aliphatic carboxylic acids is 1. The number of ether oxygens (including phenoxy) is 1. The molecule has 3 rings (SSSR count). The third-order valence-electron chi connectivity index (χ3n) is 4.59. The summed E-state index contributed by atoms with van der Waals surface area (Å²) in [6.45, 7) is -0.151. The third kappa shape index (κ3) is 3.59. The zero-order valence-corrected chi connectivity index (χ0v) is 15.2. The van der Waals surface area contributed by atoms with Crippen molar-refractivity contribution in [1.82, 2.24) is 4.90 Å². The van der Waals surface area contributed by atoms with Crippen molar-refractivity contribution >= 4 is 23.4 Å². The fourth-order valence-electron chi connectivity index (χ4n) is 3.21. The molecule has 1 unspecified atom stereocenters. The van der Waals surface area contributed by atoms with E-state index in [-0.39, 0.29) is 24.3 Å². The summed E-state index contributed by atoms with van der Waals surface area (Å²) < 4.78 is 5.14. The number of aliphatic hydroxyl groups is 1. The van der Waals surface area contributed by atoms with Crippen LogP contribution >= 0.6 is 0 Å². The molecule has 1 atom stereocenters. The van der Waals surface area contributed by atoms with Gasteiger partial charge in [-0.05, 0) is 17.7 Å². The summed E-state index contributed by atoms with van der Waals surface area (Å²) in [6, 6.07) is 14.3. The number of nitrogens with zero attached hydrogens (tertiary/aromatic N) is 1. The predicted molar refractivity (Wildman–Crippen MR) is 101 cm³/mol. The van der Waals surface area contributed by atoms with E-state index in [1.807, 2.05) is 0 Å². The monoisotopic (exact) mass is 381 g/mol. The number of carbonyl (C=O) groups is 3. The molecule has 2 aromatic rings. The Bertz CT molecular complexity index is 933. The first-order chi connectivity index (χ1) is 13.4. The highest BCUT2D eigenvalue weighted by molar-refractivity contribution is 6.46. The molecule has 1 fully saturated rings. The van der Waals surface area contributed by atoms with Gasteiger partial charge in [0.25, 0.3) is 11.7 Å². The lowest BCUT2D eigenvalue weighted by Crippen LogP contribution is -2.31. The summed E-state index contributed by atoms with van der Waals surface area (Å²) in [5, 5.41) is 19.8. The summed E-state index contributed by atoms with van der Waals surface area (Å²) in [6.07, 6.45) is -0.314. The van der Waals surface area contributed by atoms with Crippen molar-refractivity contribution < 1.29 is 29.3 Å². The average Bonchev–Trinajstić information content (AvgIpc) is 2.97. The van der Waals surface area contributed by atoms with Crippen LogP contribution in [0, 0.1) is 0 Å². The fourth-order valence-corrected chi connectivity index (χ4v) is 3.21. The lowest BCUT2D eigenvalue weighted by Gasteiger charge is -2.24. The molecule has 7 nitrogen and oxygen atoms in total. The molecular formula is C21H19NO6. The van der Waals surface area contributed by atoms with Gasteiger partial charge in [0.15, 0.2) is 0 Å². The lowest BCUT2D eigenvalue weighted by atomic mass is 9.95. The standard InChI is InChI=1S/C21H19NO6/c1-28-15-9-7-13(8-10-15)18-17(19(25)14-5-3-2-4-6-14)20(26)21(27)22(18)12-11-16(23)24/h2-10,18,25H,11-12H2,1H3,(H,23,24)/b19-17-. The van der Waals surface area contributed by atoms with E-state index < -0.39 is 23.7 Å². The summed E-state index contributed by atoms with van der Waals surface area (Å²) in [5.74, 6) is -2.46. The number of carboxylic acid groups (broad SMARTS) is 1. The first kappa shape index (κ1) is 19.2. The minimum atomic E-state index is -1.08. The Labute approximate surface area is 161 Å². The lowest BCUT2D eigenvalue weighted by molar-refractivity contribution is -0.142. The Hall–Kier alpha value is -3.61. The molecule has 1 aliphatic rings. The highest BCUT2D eigenvalue weighted by atomic mass is 16.5. The first-order valence-corrected chi connectivity index (χ1v) is 8.63. The first-order valence-electron chi connectivity index (χ1n) is 8.63. The maximum atomic E-state index is 12.7. The molecule has 0 radical (unpaired) electrons. The van der Waals surface area contributed by atoms with Gasteiger partial charge in [0, 0.05) is 12.1 Å². The number of amides is 1. The molecule has 1 amide bonds. The van der Waals surface area contributed by atoms with Crippen LogP contribution in [0.2, 0.25) is 0 Å². The number of benzene rings is 2. The van der Waals surface area contributed by atoms with Crippen molar-refractivity contribution in [2.75, 3.05) is 13.7 Å². The van der Waals surface area contributed by atoms with Gasteiger partial charge in [-0.2, -0.15) is 0 Å². The number of methoxy groups -OCH3 is 1. The third-order valence-corrected chi connectivity index (χ3v) is 4.59. The van der Waals surface area contributed by atoms with Crippen molar-refractivity contribution in [3.05, 3.63) is 71.3 Å². The molecular weight excluding hydrogens is 362 g/mol. The molecule has 1 aliphatic heterocycles. The molecule has 2 aromatic carbocycles. The summed E-state index contributed by atoms with van der Waals surface area (Å²) in [4.78, 5) is 37.5. The number of Topliss-reactive ketones (excluding diaryl/α,β-unsaturated/α-hetero) is 1. The zero-order chi connectivity index (χ0) is 20.3. The van der Waals surface area contributed by atoms with Crippen LogP contribution in [0.25, 0.3) is 5.76 Å². The van der Waals surface area contributed by atoms with Gasteiger partial charge in [0.2, 0.25) is 0 Å². The van der Waals surface area contributed by atoms with Crippen LogP contribution in [-0.2, 0) is 14.4 Å². The molecule has 0 saturated carbocycles. The van der Waals surface area contributed by atoms with Crippen LogP contribution in [-0.4, -0.2) is 46.4 Å². The number of ketones is 1. The summed E-state index contributed by atoms with van der Waals surface area (Å²) >= 11 is 0. The van der Waals surface area contributed by atoms with Crippen molar-refractivity contribution in [2.24, 2.45) is 0 Å². The molecule has 1 heterocycles. The Morgan fingerprint density at radius 1 is 1.04 bits per heavy atom. The topological polar surface area (TPSA) is 104 Å². The molecule has 28 heavy (non-hydrogen) atoms. The van der Waals surface area contributed by atoms with E-state index in [0.29, 0.717) is 16.9 Å². The maximum absolute atomic E-state index is 12.7. The Morgan fingerprint density at radius 2 is 1.68 bits per heavy atom. The van der Waals surface area contributed by atoms with E-state index in [4.69, 9.17) is 9.84 Å². The second-order valence-corrected chi connectivity index (χ2v) is 6.28. The van der Waals surface area contributed by atoms with Gasteiger partial charge in [0.05, 0.1) is 25.1 Å². The number of carbonyl (C=O) groups excluding carboxylic acids is 2. The van der Waals surface area contributed by atoms with Gasteiger partial charge < -0.3 is 19.8 Å². The van der Waals surface area contributed by atoms with Gasteiger partial charge in [-0.25, -0.2) is 0 Å². The van der Waals surface area contributed by atoms with Crippen LogP contribution in [0.5, 0.6) is 5.75 Å². The Morgan fingerprint density at radius 3 is 2.25 bits per heavy atom. The van der Waals surface area contributed by atoms with Crippen LogP contribution in [0.4, 0.5) is 0 Å². The molecule has 1 saturated heterocycles. The minimum absolute atomic E-state index is 0.0632. The van der Waals surface area contributed by atoms with E-state index in [9.17, 15) is 19.5 Å². The van der Waals surface area contributed by atoms with Gasteiger partial charge in [-0.15, -0.1) is 0 Å². The van der Waals surface area contributed by atoms with Crippen LogP contribution in [0.15, 0.2) is 60.2 Å². The quantitative estimate of drug-likeness (QED) is 0.453. The SMILES string of the molecule is COc1ccc(C2/C(=C(/O)c3ccccc3)C(=O)C(=O)N2CCC(=O)O)cc1. The van der Waals surface area contributed by atoms with Crippen LogP contribution < -0.4 is 4.74 Å². The van der Waals surface area contributed by atoms with Crippen molar-refractivity contribution in [2.45, 2.75) is 12.5 Å². The van der Waals surface area contributed by atoms with Crippen molar-refractivity contribution in [3.8, 4) is 5.75 Å². The summed E-state index contributed by atoms with van der Waals surface area (Å²) in [7, 11) is 1.52. The van der Waals surface area contributed by atoms with Crippen molar-refractivity contribution in [3.63, 3.8) is 0 Å². The normalized spacial score (nSPS) is 18.3. The second-order valence-electron chi connectivity index (χ2n) is 6.28. The van der Waals surface area contributed by atoms with Gasteiger partial charge >= 0.3 is 5.97 Å². The van der Waals surface area contributed by atoms with E-state index in [1.54, 1.807) is 54.6 Å². The van der Waals surface area contributed by atoms with E-state index >= 15 is 0 Å². The van der Waals surface area contributed by atoms with Gasteiger partial charge in [-0.3, -0.25) is 14.4 Å². The van der Waals surface area contributed by atoms with Crippen LogP contribution in [0.1, 0.15) is 23.6 Å². The number of hydrogen-bond acceptors (Lipinski definition) is 5. The number of rotatable bonds is 6. The fraction of sp³-hybridized carbons (Fsp3) is 0.190. The Balaban J connectivity index is 2.13. The van der Waals surface area contributed by atoms with Gasteiger partial charge in [-0.1, -0.05) is 42.5 Å². The van der Waals surface area contributed by atoms with E-state index in [1.165, 1.54) is 12.0 Å². The van der Waals surface area contributed by atoms with E-state index in [0.717, 1.165) is 0 Å². The smallest absolute Gasteiger partial charge is 0.305 e. The number of likely N-dealkylation sites (tertiary alicyclic amines) is 1. The minimum Gasteiger partial charge on any atom is -0.507 e. The molecule has 0 bridgehead atoms. The number of aliphatic hydroxyl groups excluding tert-OH is 1. The number of carboxylic acids is 1. The largest absolute Gasteiger partial charge is 0.507 e. The highest BCUT2D eigenvalue weighted by Gasteiger charge is 2.46. The molecule has 144 valence electrons. The van der Waals surface area contributed by atoms with Crippen LogP contribution in [0.3, 0.4) is 0 Å². The Kier molecular flexibility index (Phi) is 5.44. The molecule has 0 aliphatic carbocycles. The van der Waals surface area contributed by atoms with Gasteiger partial charge in [0.1, 0.15) is 11.5 Å². The average molecular weight is 381 g/mol. The maximum Gasteiger partial charge on any atom is 0.305 e. The number of hydrogen-bond donors (Lipinski definition) is 2. The van der Waals surface area contributed by atoms with Crippen molar-refractivity contribution in [1.29, 1.82) is 0 Å². The molecule has 2 N–H and O–H groups in total. The predicted octanol–water partition coefficient (Wildman–Crippen LogP) is 2.59. The zero-order valence-electron chi connectivity index (χ0n) is 15.2. The molecule has 0 aromatic heterocycles. The second kappa shape index (κ2) is 7.96.